The van der Waals surface area contributed by atoms with Gasteiger partial charge in [-0.25, -0.2) is 0 Å². The summed E-state index contributed by atoms with van der Waals surface area (Å²) >= 11 is 0. The van der Waals surface area contributed by atoms with Gasteiger partial charge in [-0.2, -0.15) is 13.2 Å². The Hall–Kier alpha value is -1.07. The normalized spacial score (nSPS) is 13.0. The zero-order chi connectivity index (χ0) is 16.1. The third-order valence-electron chi connectivity index (χ3n) is 3.43. The Labute approximate surface area is 125 Å². The lowest BCUT2D eigenvalue weighted by molar-refractivity contribution is -0.137. The largest absolute Gasteiger partial charge is 0.416 e. The highest BCUT2D eigenvalue weighted by Crippen LogP contribution is 2.29. The Morgan fingerprint density at radius 1 is 1.10 bits per heavy atom. The van der Waals surface area contributed by atoms with Crippen molar-refractivity contribution in [1.29, 1.82) is 0 Å². The van der Waals surface area contributed by atoms with E-state index >= 15 is 0 Å². The van der Waals surface area contributed by atoms with E-state index in [1.807, 2.05) is 0 Å². The molecule has 0 saturated carbocycles. The van der Waals surface area contributed by atoms with Crippen molar-refractivity contribution in [2.75, 3.05) is 19.6 Å². The Bertz CT molecular complexity index is 424. The van der Waals surface area contributed by atoms with E-state index in [4.69, 9.17) is 5.73 Å². The molecule has 0 radical (unpaired) electrons. The number of nitrogens with two attached hydrogens (primary N) is 1. The second-order valence-corrected chi connectivity index (χ2v) is 6.27. The van der Waals surface area contributed by atoms with Gasteiger partial charge in [0, 0.05) is 13.1 Å². The molecule has 1 aromatic carbocycles. The number of alkyl halides is 3. The molecule has 0 heterocycles. The first kappa shape index (κ1) is 18.0. The number of halogens is 3. The minimum absolute atomic E-state index is 0.00107. The molecule has 0 saturated heterocycles. The standard InChI is InChI=1S/C16H25F3N2/c1-4-9-21(12-15(2,3)11-20)10-13-5-7-14(8-6-13)16(17,18)19/h5-8H,4,9-12,20H2,1-3H3. The van der Waals surface area contributed by atoms with E-state index in [0.29, 0.717) is 13.1 Å². The van der Waals surface area contributed by atoms with Crippen LogP contribution in [0.5, 0.6) is 0 Å². The molecule has 2 nitrogen and oxygen atoms in total. The number of hydrogen-bond donors (Lipinski definition) is 1. The van der Waals surface area contributed by atoms with Crippen molar-refractivity contribution in [3.05, 3.63) is 35.4 Å². The molecular formula is C16H25F3N2. The van der Waals surface area contributed by atoms with E-state index in [0.717, 1.165) is 37.2 Å². The predicted molar refractivity (Wildman–Crippen MR) is 79.8 cm³/mol. The Kier molecular flexibility index (Phi) is 6.23. The third kappa shape index (κ3) is 6.06. The van der Waals surface area contributed by atoms with Crippen molar-refractivity contribution in [2.24, 2.45) is 11.1 Å². The van der Waals surface area contributed by atoms with Gasteiger partial charge in [-0.1, -0.05) is 32.9 Å². The molecule has 5 heteroatoms. The van der Waals surface area contributed by atoms with Crippen LogP contribution in [-0.4, -0.2) is 24.5 Å². The van der Waals surface area contributed by atoms with Gasteiger partial charge in [0.1, 0.15) is 0 Å². The van der Waals surface area contributed by atoms with Gasteiger partial charge in [-0.15, -0.1) is 0 Å². The van der Waals surface area contributed by atoms with Crippen LogP contribution < -0.4 is 5.73 Å². The minimum atomic E-state index is -4.27. The molecule has 0 atom stereocenters. The van der Waals surface area contributed by atoms with E-state index in [1.54, 1.807) is 12.1 Å². The molecule has 0 unspecified atom stereocenters. The van der Waals surface area contributed by atoms with Crippen molar-refractivity contribution in [2.45, 2.75) is 39.9 Å². The van der Waals surface area contributed by atoms with E-state index in [1.165, 1.54) is 0 Å². The van der Waals surface area contributed by atoms with Crippen molar-refractivity contribution >= 4 is 0 Å². The Morgan fingerprint density at radius 3 is 2.10 bits per heavy atom. The molecule has 0 aliphatic heterocycles. The molecule has 21 heavy (non-hydrogen) atoms. The molecule has 120 valence electrons. The topological polar surface area (TPSA) is 29.3 Å². The van der Waals surface area contributed by atoms with Gasteiger partial charge < -0.3 is 5.73 Å². The van der Waals surface area contributed by atoms with Crippen LogP contribution >= 0.6 is 0 Å². The zero-order valence-corrected chi connectivity index (χ0v) is 13.0. The molecule has 0 fully saturated rings. The van der Waals surface area contributed by atoms with E-state index in [9.17, 15) is 13.2 Å². The first-order chi connectivity index (χ1) is 9.68. The van der Waals surface area contributed by atoms with Crippen LogP contribution in [0.15, 0.2) is 24.3 Å². The maximum absolute atomic E-state index is 12.5. The van der Waals surface area contributed by atoms with Crippen molar-refractivity contribution in [3.63, 3.8) is 0 Å². The summed E-state index contributed by atoms with van der Waals surface area (Å²) in [6.45, 7) is 9.26. The highest BCUT2D eigenvalue weighted by Gasteiger charge is 2.30. The maximum atomic E-state index is 12.5. The highest BCUT2D eigenvalue weighted by molar-refractivity contribution is 5.24. The highest BCUT2D eigenvalue weighted by atomic mass is 19.4. The first-order valence-corrected chi connectivity index (χ1v) is 7.26. The molecular weight excluding hydrogens is 277 g/mol. The van der Waals surface area contributed by atoms with Crippen LogP contribution in [0.2, 0.25) is 0 Å². The van der Waals surface area contributed by atoms with Crippen molar-refractivity contribution in [3.8, 4) is 0 Å². The zero-order valence-electron chi connectivity index (χ0n) is 13.0. The summed E-state index contributed by atoms with van der Waals surface area (Å²) in [5, 5.41) is 0. The Balaban J connectivity index is 2.75. The van der Waals surface area contributed by atoms with Crippen LogP contribution in [-0.2, 0) is 12.7 Å². The monoisotopic (exact) mass is 302 g/mol. The lowest BCUT2D eigenvalue weighted by Gasteiger charge is -2.31. The van der Waals surface area contributed by atoms with Crippen LogP contribution in [0, 0.1) is 5.41 Å². The molecule has 0 aromatic heterocycles. The Morgan fingerprint density at radius 2 is 1.67 bits per heavy atom. The summed E-state index contributed by atoms with van der Waals surface area (Å²) in [6.07, 6.45) is -3.27. The van der Waals surface area contributed by atoms with Gasteiger partial charge in [0.05, 0.1) is 5.56 Å². The summed E-state index contributed by atoms with van der Waals surface area (Å²) in [5.74, 6) is 0. The van der Waals surface area contributed by atoms with Gasteiger partial charge in [-0.05, 0) is 42.6 Å². The summed E-state index contributed by atoms with van der Waals surface area (Å²) in [4.78, 5) is 2.25. The first-order valence-electron chi connectivity index (χ1n) is 7.26. The molecule has 0 amide bonds. The van der Waals surface area contributed by atoms with Crippen molar-refractivity contribution < 1.29 is 13.2 Å². The van der Waals surface area contributed by atoms with Crippen LogP contribution in [0.1, 0.15) is 38.3 Å². The average molecular weight is 302 g/mol. The summed E-state index contributed by atoms with van der Waals surface area (Å²) < 4.78 is 37.6. The van der Waals surface area contributed by atoms with Gasteiger partial charge in [-0.3, -0.25) is 4.90 Å². The van der Waals surface area contributed by atoms with E-state index in [2.05, 4.69) is 25.7 Å². The van der Waals surface area contributed by atoms with Gasteiger partial charge >= 0.3 is 6.18 Å². The quantitative estimate of drug-likeness (QED) is 0.827. The molecule has 2 N–H and O–H groups in total. The third-order valence-corrected chi connectivity index (χ3v) is 3.43. The molecule has 0 aliphatic carbocycles. The second-order valence-electron chi connectivity index (χ2n) is 6.27. The fourth-order valence-electron chi connectivity index (χ4n) is 2.26. The van der Waals surface area contributed by atoms with E-state index in [-0.39, 0.29) is 5.41 Å². The predicted octanol–water partition coefficient (Wildman–Crippen LogP) is 3.90. The SMILES string of the molecule is CCCN(Cc1ccc(C(F)(F)F)cc1)CC(C)(C)CN. The lowest BCUT2D eigenvalue weighted by Crippen LogP contribution is -2.38. The average Bonchev–Trinajstić information content (AvgIpc) is 2.38. The molecule has 0 bridgehead atoms. The molecule has 1 aromatic rings. The van der Waals surface area contributed by atoms with E-state index < -0.39 is 11.7 Å². The number of benzene rings is 1. The fraction of sp³-hybridized carbons (Fsp3) is 0.625. The summed E-state index contributed by atoms with van der Waals surface area (Å²) in [7, 11) is 0. The van der Waals surface area contributed by atoms with Crippen LogP contribution in [0.4, 0.5) is 13.2 Å². The second kappa shape index (κ2) is 7.27. The number of hydrogen-bond acceptors (Lipinski definition) is 2. The minimum Gasteiger partial charge on any atom is -0.330 e. The van der Waals surface area contributed by atoms with Crippen molar-refractivity contribution in [1.82, 2.24) is 4.90 Å². The van der Waals surface area contributed by atoms with Crippen LogP contribution in [0.3, 0.4) is 0 Å². The van der Waals surface area contributed by atoms with Gasteiger partial charge in [0.2, 0.25) is 0 Å². The number of rotatable bonds is 7. The van der Waals surface area contributed by atoms with Gasteiger partial charge in [0.15, 0.2) is 0 Å². The lowest BCUT2D eigenvalue weighted by atomic mass is 9.93. The maximum Gasteiger partial charge on any atom is 0.416 e. The fourth-order valence-corrected chi connectivity index (χ4v) is 2.26. The van der Waals surface area contributed by atoms with Gasteiger partial charge in [0.25, 0.3) is 0 Å². The molecule has 0 spiro atoms. The summed E-state index contributed by atoms with van der Waals surface area (Å²) in [5.41, 5.74) is 6.05. The molecule has 0 aliphatic rings. The smallest absolute Gasteiger partial charge is 0.330 e. The number of nitrogens with zero attached hydrogens (tertiary/aromatic N) is 1. The van der Waals surface area contributed by atoms with Crippen LogP contribution in [0.25, 0.3) is 0 Å². The summed E-state index contributed by atoms with van der Waals surface area (Å²) in [6, 6.07) is 5.41. The molecule has 1 rings (SSSR count).